The first-order valence-electron chi connectivity index (χ1n) is 8.16. The molecule has 1 aromatic carbocycles. The normalized spacial score (nSPS) is 17.7. The van der Waals surface area contributed by atoms with Crippen LogP contribution in [0.4, 0.5) is 0 Å². The molecule has 2 heterocycles. The van der Waals surface area contributed by atoms with E-state index >= 15 is 0 Å². The van der Waals surface area contributed by atoms with Crippen LogP contribution in [0.25, 0.3) is 11.0 Å². The molecule has 7 heteroatoms. The number of rotatable bonds is 5. The maximum atomic E-state index is 12.4. The number of carbonyl (C=O) groups excluding carboxylic acids is 2. The first kappa shape index (κ1) is 17.4. The van der Waals surface area contributed by atoms with Crippen LogP contribution in [0.3, 0.4) is 0 Å². The number of ether oxygens (including phenoxy) is 3. The zero-order valence-corrected chi connectivity index (χ0v) is 14.3. The highest BCUT2D eigenvalue weighted by Gasteiger charge is 2.25. The van der Waals surface area contributed by atoms with Gasteiger partial charge in [-0.2, -0.15) is 0 Å². The fourth-order valence-electron chi connectivity index (χ4n) is 2.88. The molecule has 1 saturated heterocycles. The van der Waals surface area contributed by atoms with Gasteiger partial charge in [-0.3, -0.25) is 4.79 Å². The molecule has 0 N–H and O–H groups in total. The van der Waals surface area contributed by atoms with Crippen LogP contribution in [0.5, 0.6) is 0 Å². The van der Waals surface area contributed by atoms with E-state index in [1.165, 1.54) is 0 Å². The minimum absolute atomic E-state index is 0.0166. The molecule has 134 valence electrons. The smallest absolute Gasteiger partial charge is 0.375 e. The molecule has 0 radical (unpaired) electrons. The molecule has 0 spiro atoms. The molecule has 1 atom stereocenters. The monoisotopic (exact) mass is 347 g/mol. The van der Waals surface area contributed by atoms with E-state index in [0.29, 0.717) is 30.8 Å². The maximum Gasteiger partial charge on any atom is 0.375 e. The summed E-state index contributed by atoms with van der Waals surface area (Å²) < 4.78 is 21.3. The van der Waals surface area contributed by atoms with Crippen molar-refractivity contribution in [2.75, 3.05) is 33.4 Å². The first-order chi connectivity index (χ1) is 12.1. The Kier molecular flexibility index (Phi) is 5.35. The van der Waals surface area contributed by atoms with Gasteiger partial charge in [0.1, 0.15) is 5.58 Å². The second-order valence-electron chi connectivity index (χ2n) is 5.94. The molecule has 1 aromatic heterocycles. The summed E-state index contributed by atoms with van der Waals surface area (Å²) in [4.78, 5) is 26.2. The highest BCUT2D eigenvalue weighted by atomic mass is 16.5. The van der Waals surface area contributed by atoms with Gasteiger partial charge in [-0.05, 0) is 13.0 Å². The predicted octanol–water partition coefficient (Wildman–Crippen LogP) is 1.98. The Labute approximate surface area is 145 Å². The van der Waals surface area contributed by atoms with Crippen molar-refractivity contribution in [1.82, 2.24) is 4.90 Å². The molecule has 25 heavy (non-hydrogen) atoms. The Morgan fingerprint density at radius 1 is 1.32 bits per heavy atom. The Hall–Kier alpha value is -2.38. The summed E-state index contributed by atoms with van der Waals surface area (Å²) in [7, 11) is 1.54. The van der Waals surface area contributed by atoms with E-state index in [0.717, 1.165) is 5.39 Å². The second-order valence-corrected chi connectivity index (χ2v) is 5.94. The number of methoxy groups -OCH3 is 1. The van der Waals surface area contributed by atoms with Crippen molar-refractivity contribution >= 4 is 22.8 Å². The summed E-state index contributed by atoms with van der Waals surface area (Å²) in [6.45, 7) is 3.28. The van der Waals surface area contributed by atoms with E-state index in [1.54, 1.807) is 18.1 Å². The highest BCUT2D eigenvalue weighted by Crippen LogP contribution is 2.27. The number of hydrogen-bond acceptors (Lipinski definition) is 6. The lowest BCUT2D eigenvalue weighted by molar-refractivity contribution is -0.141. The van der Waals surface area contributed by atoms with Gasteiger partial charge in [0.05, 0.1) is 19.3 Å². The van der Waals surface area contributed by atoms with Crippen molar-refractivity contribution in [1.29, 1.82) is 0 Å². The van der Waals surface area contributed by atoms with Gasteiger partial charge < -0.3 is 23.5 Å². The molecule has 1 aliphatic rings. The number of para-hydroxylation sites is 1. The Balaban J connectivity index is 1.69. The third-order valence-corrected chi connectivity index (χ3v) is 4.09. The van der Waals surface area contributed by atoms with Crippen LogP contribution in [-0.4, -0.2) is 56.3 Å². The Bertz CT molecular complexity index is 768. The molecule has 2 aromatic rings. The van der Waals surface area contributed by atoms with Crippen molar-refractivity contribution in [2.45, 2.75) is 19.6 Å². The lowest BCUT2D eigenvalue weighted by Gasteiger charge is -2.30. The average molecular weight is 347 g/mol. The minimum Gasteiger partial charge on any atom is -0.450 e. The van der Waals surface area contributed by atoms with Gasteiger partial charge in [0.2, 0.25) is 5.76 Å². The number of amides is 1. The standard InChI is InChI=1S/C18H21NO6/c1-12-9-19(7-8-23-12)16(20)11-24-18(21)17-14(10-22-2)13-5-3-4-6-15(13)25-17/h3-6,12H,7-11H2,1-2H3. The van der Waals surface area contributed by atoms with Gasteiger partial charge in [-0.25, -0.2) is 4.79 Å². The number of carbonyl (C=O) groups is 2. The van der Waals surface area contributed by atoms with Crippen LogP contribution in [0.1, 0.15) is 23.0 Å². The first-order valence-corrected chi connectivity index (χ1v) is 8.16. The molecule has 1 fully saturated rings. The Morgan fingerprint density at radius 2 is 2.12 bits per heavy atom. The van der Waals surface area contributed by atoms with E-state index < -0.39 is 5.97 Å². The van der Waals surface area contributed by atoms with Crippen LogP contribution in [0.2, 0.25) is 0 Å². The fourth-order valence-corrected chi connectivity index (χ4v) is 2.88. The van der Waals surface area contributed by atoms with Crippen LogP contribution in [0.15, 0.2) is 28.7 Å². The summed E-state index contributed by atoms with van der Waals surface area (Å²) in [5.41, 5.74) is 1.20. The van der Waals surface area contributed by atoms with Crippen molar-refractivity contribution in [3.05, 3.63) is 35.6 Å². The highest BCUT2D eigenvalue weighted by molar-refractivity contribution is 5.96. The van der Waals surface area contributed by atoms with E-state index in [4.69, 9.17) is 18.6 Å². The SMILES string of the molecule is COCc1c(C(=O)OCC(=O)N2CCOC(C)C2)oc2ccccc12. The van der Waals surface area contributed by atoms with Crippen molar-refractivity contribution in [3.8, 4) is 0 Å². The van der Waals surface area contributed by atoms with Gasteiger partial charge in [-0.15, -0.1) is 0 Å². The second kappa shape index (κ2) is 7.67. The summed E-state index contributed by atoms with van der Waals surface area (Å²) in [5, 5.41) is 0.796. The molecule has 0 bridgehead atoms. The molecular formula is C18H21NO6. The van der Waals surface area contributed by atoms with E-state index in [9.17, 15) is 9.59 Å². The van der Waals surface area contributed by atoms with E-state index in [2.05, 4.69) is 0 Å². The fraction of sp³-hybridized carbons (Fsp3) is 0.444. The third kappa shape index (κ3) is 3.83. The number of hydrogen-bond donors (Lipinski definition) is 0. The number of furan rings is 1. The topological polar surface area (TPSA) is 78.2 Å². The van der Waals surface area contributed by atoms with E-state index in [1.807, 2.05) is 25.1 Å². The number of esters is 1. The van der Waals surface area contributed by atoms with Crippen LogP contribution in [0, 0.1) is 0 Å². The maximum absolute atomic E-state index is 12.4. The van der Waals surface area contributed by atoms with E-state index in [-0.39, 0.29) is 31.0 Å². The van der Waals surface area contributed by atoms with Gasteiger partial charge >= 0.3 is 5.97 Å². The lowest BCUT2D eigenvalue weighted by atomic mass is 10.1. The molecular weight excluding hydrogens is 326 g/mol. The zero-order chi connectivity index (χ0) is 17.8. The molecule has 1 amide bonds. The quantitative estimate of drug-likeness (QED) is 0.770. The lowest BCUT2D eigenvalue weighted by Crippen LogP contribution is -2.46. The van der Waals surface area contributed by atoms with Gasteiger partial charge in [0.25, 0.3) is 5.91 Å². The molecule has 0 aliphatic carbocycles. The third-order valence-electron chi connectivity index (χ3n) is 4.09. The summed E-state index contributed by atoms with van der Waals surface area (Å²) in [5.74, 6) is -0.836. The number of fused-ring (bicyclic) bond motifs is 1. The molecule has 7 nitrogen and oxygen atoms in total. The van der Waals surface area contributed by atoms with Crippen LogP contribution >= 0.6 is 0 Å². The summed E-state index contributed by atoms with van der Waals surface area (Å²) in [6, 6.07) is 7.30. The molecule has 3 rings (SSSR count). The molecule has 1 aliphatic heterocycles. The van der Waals surface area contributed by atoms with Crippen LogP contribution in [-0.2, 0) is 25.6 Å². The summed E-state index contributed by atoms with van der Waals surface area (Å²) in [6.07, 6.45) is -0.0166. The average Bonchev–Trinajstić information content (AvgIpc) is 2.98. The van der Waals surface area contributed by atoms with Gasteiger partial charge in [0, 0.05) is 31.1 Å². The van der Waals surface area contributed by atoms with Gasteiger partial charge in [-0.1, -0.05) is 18.2 Å². The largest absolute Gasteiger partial charge is 0.450 e. The molecule has 1 unspecified atom stereocenters. The van der Waals surface area contributed by atoms with Gasteiger partial charge in [0.15, 0.2) is 6.61 Å². The van der Waals surface area contributed by atoms with Crippen molar-refractivity contribution in [3.63, 3.8) is 0 Å². The zero-order valence-electron chi connectivity index (χ0n) is 14.3. The number of morpholine rings is 1. The molecule has 0 saturated carbocycles. The van der Waals surface area contributed by atoms with Crippen LogP contribution < -0.4 is 0 Å². The van der Waals surface area contributed by atoms with Crippen molar-refractivity contribution < 1.29 is 28.2 Å². The Morgan fingerprint density at radius 3 is 2.88 bits per heavy atom. The number of nitrogens with zero attached hydrogens (tertiary/aromatic N) is 1. The number of benzene rings is 1. The predicted molar refractivity (Wildman–Crippen MR) is 89.2 cm³/mol. The summed E-state index contributed by atoms with van der Waals surface area (Å²) >= 11 is 0. The van der Waals surface area contributed by atoms with Crippen molar-refractivity contribution in [2.24, 2.45) is 0 Å². The minimum atomic E-state index is -0.669.